The van der Waals surface area contributed by atoms with E-state index in [0.29, 0.717) is 5.56 Å². The van der Waals surface area contributed by atoms with E-state index >= 15 is 0 Å². The smallest absolute Gasteiger partial charge is 0.328 e. The van der Waals surface area contributed by atoms with Crippen LogP contribution >= 0.6 is 23.2 Å². The van der Waals surface area contributed by atoms with Crippen molar-refractivity contribution in [3.63, 3.8) is 0 Å². The summed E-state index contributed by atoms with van der Waals surface area (Å²) < 4.78 is 25.0. The van der Waals surface area contributed by atoms with Crippen LogP contribution in [0.2, 0.25) is 10.0 Å². The molecule has 0 aliphatic rings. The first-order chi connectivity index (χ1) is 8.66. The zero-order valence-electron chi connectivity index (χ0n) is 10.1. The number of hydrogen-bond acceptors (Lipinski definition) is 3. The van der Waals surface area contributed by atoms with Gasteiger partial charge in [0, 0.05) is 20.2 Å². The van der Waals surface area contributed by atoms with Crippen molar-refractivity contribution in [2.45, 2.75) is 4.90 Å². The third-order valence-corrected chi connectivity index (χ3v) is 4.92. The number of halogens is 2. The highest BCUT2D eigenvalue weighted by Crippen LogP contribution is 2.32. The van der Waals surface area contributed by atoms with Gasteiger partial charge in [-0.2, -0.15) is 0 Å². The molecule has 1 aromatic rings. The van der Waals surface area contributed by atoms with Crippen LogP contribution in [0.15, 0.2) is 23.1 Å². The zero-order valence-corrected chi connectivity index (χ0v) is 12.4. The number of sulfonamides is 1. The Kier molecular flexibility index (Phi) is 4.98. The lowest BCUT2D eigenvalue weighted by Crippen LogP contribution is -2.23. The van der Waals surface area contributed by atoms with E-state index < -0.39 is 16.0 Å². The van der Waals surface area contributed by atoms with E-state index in [-0.39, 0.29) is 14.9 Å². The molecular formula is C11H11Cl2NO4S. The predicted molar refractivity (Wildman–Crippen MR) is 74.0 cm³/mol. The van der Waals surface area contributed by atoms with Crippen LogP contribution in [0.3, 0.4) is 0 Å². The molecule has 5 nitrogen and oxygen atoms in total. The van der Waals surface area contributed by atoms with Crippen LogP contribution in [-0.2, 0) is 14.8 Å². The van der Waals surface area contributed by atoms with Gasteiger partial charge in [0.05, 0.1) is 10.0 Å². The largest absolute Gasteiger partial charge is 0.478 e. The summed E-state index contributed by atoms with van der Waals surface area (Å²) in [6.45, 7) is 0. The second-order valence-electron chi connectivity index (χ2n) is 3.77. The monoisotopic (exact) mass is 323 g/mol. The lowest BCUT2D eigenvalue weighted by atomic mass is 10.2. The van der Waals surface area contributed by atoms with Gasteiger partial charge in [0.2, 0.25) is 10.0 Å². The Labute approximate surface area is 121 Å². The summed E-state index contributed by atoms with van der Waals surface area (Å²) in [5.74, 6) is -1.13. The average molecular weight is 324 g/mol. The molecule has 0 saturated carbocycles. The molecular weight excluding hydrogens is 313 g/mol. The number of aliphatic carboxylic acids is 1. The van der Waals surface area contributed by atoms with Crippen molar-refractivity contribution in [3.8, 4) is 0 Å². The fourth-order valence-electron chi connectivity index (χ4n) is 1.27. The Morgan fingerprint density at radius 1 is 1.26 bits per heavy atom. The summed E-state index contributed by atoms with van der Waals surface area (Å²) in [6.07, 6.45) is 2.17. The van der Waals surface area contributed by atoms with Gasteiger partial charge in [0.15, 0.2) is 0 Å². The molecule has 8 heteroatoms. The summed E-state index contributed by atoms with van der Waals surface area (Å²) in [6, 6.07) is 2.67. The number of rotatable bonds is 4. The first-order valence-electron chi connectivity index (χ1n) is 4.99. The lowest BCUT2D eigenvalue weighted by Gasteiger charge is -2.14. The molecule has 1 N–H and O–H groups in total. The van der Waals surface area contributed by atoms with E-state index in [1.54, 1.807) is 0 Å². The van der Waals surface area contributed by atoms with Crippen molar-refractivity contribution in [3.05, 3.63) is 33.8 Å². The molecule has 0 aliphatic heterocycles. The molecule has 0 heterocycles. The van der Waals surface area contributed by atoms with E-state index in [1.165, 1.54) is 32.3 Å². The summed E-state index contributed by atoms with van der Waals surface area (Å²) in [5.41, 5.74) is 0.398. The highest BCUT2D eigenvalue weighted by molar-refractivity contribution is 7.89. The van der Waals surface area contributed by atoms with Crippen molar-refractivity contribution in [1.29, 1.82) is 0 Å². The maximum absolute atomic E-state index is 12.0. The van der Waals surface area contributed by atoms with Crippen LogP contribution in [0.4, 0.5) is 0 Å². The van der Waals surface area contributed by atoms with Gasteiger partial charge in [-0.25, -0.2) is 17.5 Å². The Morgan fingerprint density at radius 3 is 2.11 bits per heavy atom. The summed E-state index contributed by atoms with van der Waals surface area (Å²) in [7, 11) is -1.03. The fraction of sp³-hybridized carbons (Fsp3) is 0.182. The number of nitrogens with zero attached hydrogens (tertiary/aromatic N) is 1. The van der Waals surface area contributed by atoms with Crippen LogP contribution in [0.5, 0.6) is 0 Å². The van der Waals surface area contributed by atoms with Crippen LogP contribution < -0.4 is 0 Å². The van der Waals surface area contributed by atoms with Crippen molar-refractivity contribution in [2.75, 3.05) is 14.1 Å². The normalized spacial score (nSPS) is 12.3. The SMILES string of the molecule is CN(C)S(=O)(=O)c1c(Cl)cc(/C=C/C(=O)O)cc1Cl. The summed E-state index contributed by atoms with van der Waals surface area (Å²) >= 11 is 11.8. The quantitative estimate of drug-likeness (QED) is 0.863. The molecule has 0 aromatic heterocycles. The van der Waals surface area contributed by atoms with Crippen LogP contribution in [0.25, 0.3) is 6.08 Å². The van der Waals surface area contributed by atoms with Crippen LogP contribution in [0, 0.1) is 0 Å². The second kappa shape index (κ2) is 5.92. The molecule has 0 atom stereocenters. The summed E-state index contributed by atoms with van der Waals surface area (Å²) in [5, 5.41) is 8.39. The number of carboxylic acid groups (broad SMARTS) is 1. The molecule has 104 valence electrons. The Hall–Kier alpha value is -1.08. The molecule has 0 saturated heterocycles. The van der Waals surface area contributed by atoms with Crippen molar-refractivity contribution in [2.24, 2.45) is 0 Å². The summed E-state index contributed by atoms with van der Waals surface area (Å²) in [4.78, 5) is 10.2. The van der Waals surface area contributed by atoms with Gasteiger partial charge >= 0.3 is 5.97 Å². The zero-order chi connectivity index (χ0) is 14.8. The minimum atomic E-state index is -3.76. The number of benzene rings is 1. The molecule has 19 heavy (non-hydrogen) atoms. The first-order valence-corrected chi connectivity index (χ1v) is 7.18. The van der Waals surface area contributed by atoms with E-state index in [4.69, 9.17) is 28.3 Å². The predicted octanol–water partition coefficient (Wildman–Crippen LogP) is 2.34. The molecule has 0 radical (unpaired) electrons. The Morgan fingerprint density at radius 2 is 1.74 bits per heavy atom. The van der Waals surface area contributed by atoms with Crippen LogP contribution in [-0.4, -0.2) is 37.9 Å². The molecule has 0 aliphatic carbocycles. The third-order valence-electron chi connectivity index (χ3n) is 2.18. The molecule has 1 aromatic carbocycles. The highest BCUT2D eigenvalue weighted by Gasteiger charge is 2.24. The van der Waals surface area contributed by atoms with Gasteiger partial charge in [0.25, 0.3) is 0 Å². The second-order valence-corrected chi connectivity index (χ2v) is 6.68. The maximum Gasteiger partial charge on any atom is 0.328 e. The first kappa shape index (κ1) is 16.0. The van der Waals surface area contributed by atoms with E-state index in [1.807, 2.05) is 0 Å². The van der Waals surface area contributed by atoms with Crippen molar-refractivity contribution in [1.82, 2.24) is 4.31 Å². The number of hydrogen-bond donors (Lipinski definition) is 1. The van der Waals surface area contributed by atoms with Gasteiger partial charge in [-0.3, -0.25) is 0 Å². The fourth-order valence-corrected chi connectivity index (χ4v) is 3.34. The van der Waals surface area contributed by atoms with Crippen LogP contribution in [0.1, 0.15) is 5.56 Å². The third kappa shape index (κ3) is 3.70. The van der Waals surface area contributed by atoms with E-state index in [2.05, 4.69) is 0 Å². The molecule has 0 spiro atoms. The number of carbonyl (C=O) groups is 1. The van der Waals surface area contributed by atoms with E-state index in [0.717, 1.165) is 10.4 Å². The standard InChI is InChI=1S/C11H11Cl2NO4S/c1-14(2)19(17,18)11-8(12)5-7(6-9(11)13)3-4-10(15)16/h3-6H,1-2H3,(H,15,16)/b4-3+. The molecule has 0 bridgehead atoms. The minimum absolute atomic E-state index is 0.0637. The Bertz CT molecular complexity index is 615. The van der Waals surface area contributed by atoms with Gasteiger partial charge in [-0.05, 0) is 23.8 Å². The van der Waals surface area contributed by atoms with Crippen molar-refractivity contribution >= 4 is 45.3 Å². The average Bonchev–Trinajstić information content (AvgIpc) is 2.24. The highest BCUT2D eigenvalue weighted by atomic mass is 35.5. The Balaban J connectivity index is 3.38. The number of carboxylic acids is 1. The lowest BCUT2D eigenvalue weighted by molar-refractivity contribution is -0.131. The molecule has 0 amide bonds. The minimum Gasteiger partial charge on any atom is -0.478 e. The van der Waals surface area contributed by atoms with E-state index in [9.17, 15) is 13.2 Å². The maximum atomic E-state index is 12.0. The molecule has 0 fully saturated rings. The van der Waals surface area contributed by atoms with Gasteiger partial charge < -0.3 is 5.11 Å². The molecule has 0 unspecified atom stereocenters. The van der Waals surface area contributed by atoms with Gasteiger partial charge in [0.1, 0.15) is 4.90 Å². The topological polar surface area (TPSA) is 74.7 Å². The van der Waals surface area contributed by atoms with Gasteiger partial charge in [-0.15, -0.1) is 0 Å². The van der Waals surface area contributed by atoms with Gasteiger partial charge in [-0.1, -0.05) is 23.2 Å². The molecule has 1 rings (SSSR count). The van der Waals surface area contributed by atoms with Crippen molar-refractivity contribution < 1.29 is 18.3 Å².